The van der Waals surface area contributed by atoms with E-state index in [-0.39, 0.29) is 61.4 Å². The largest absolute Gasteiger partial charge is 0.492 e. The summed E-state index contributed by atoms with van der Waals surface area (Å²) in [6.45, 7) is 9.15. The van der Waals surface area contributed by atoms with Crippen LogP contribution in [0, 0.1) is 17.1 Å². The van der Waals surface area contributed by atoms with Crippen LogP contribution >= 0.6 is 0 Å². The molecule has 0 spiro atoms. The van der Waals surface area contributed by atoms with Gasteiger partial charge in [-0.1, -0.05) is 24.3 Å². The smallest absolute Gasteiger partial charge is 0.278 e. The zero-order valence-corrected chi connectivity index (χ0v) is 35.0. The number of benzene rings is 3. The number of aliphatic hydroxyl groups is 1. The molecule has 2 aromatic heterocycles. The van der Waals surface area contributed by atoms with Gasteiger partial charge in [0.1, 0.15) is 17.7 Å². The van der Waals surface area contributed by atoms with Gasteiger partial charge in [0.25, 0.3) is 5.91 Å². The molecule has 6 N–H and O–H groups in total. The van der Waals surface area contributed by atoms with E-state index in [1.807, 2.05) is 24.3 Å². The maximum atomic E-state index is 13.9. The molecule has 328 valence electrons. The van der Waals surface area contributed by atoms with Gasteiger partial charge in [-0.05, 0) is 67.2 Å². The lowest BCUT2D eigenvalue weighted by Gasteiger charge is -2.34. The van der Waals surface area contributed by atoms with Crippen molar-refractivity contribution in [1.82, 2.24) is 40.0 Å². The van der Waals surface area contributed by atoms with E-state index in [1.165, 1.54) is 18.3 Å². The Kier molecular flexibility index (Phi) is 16.1. The van der Waals surface area contributed by atoms with Crippen LogP contribution in [-0.2, 0) is 38.6 Å². The first-order chi connectivity index (χ1) is 30.6. The molecule has 0 bridgehead atoms. The van der Waals surface area contributed by atoms with Gasteiger partial charge in [-0.15, -0.1) is 0 Å². The summed E-state index contributed by atoms with van der Waals surface area (Å²) in [5.74, 6) is -0.682. The molecule has 0 saturated carbocycles. The molecule has 5 aromatic rings. The fraction of sp³-hybridized carbons (Fsp3) is 0.326. The Morgan fingerprint density at radius 3 is 2.52 bits per heavy atom. The minimum absolute atomic E-state index is 0.0925. The van der Waals surface area contributed by atoms with E-state index >= 15 is 0 Å². The number of carbonyl (C=O) groups excluding carboxylic acids is 2. The number of nitrogens with one attached hydrogen (secondary N) is 5. The number of fused-ring (bicyclic) bond motifs is 1. The number of imidazole rings is 1. The Labute approximate surface area is 363 Å². The number of aromatic amines is 1. The van der Waals surface area contributed by atoms with Crippen molar-refractivity contribution in [3.8, 4) is 6.07 Å². The molecule has 1 fully saturated rings. The molecular formula is C43H49FN14O5. The number of nitrogens with zero attached hydrogens (tertiary/aromatic N) is 9. The number of ether oxygens (including phenoxy) is 2. The molecule has 1 atom stereocenters. The van der Waals surface area contributed by atoms with Crippen molar-refractivity contribution in [2.45, 2.75) is 32.5 Å². The van der Waals surface area contributed by atoms with Crippen LogP contribution in [0.4, 0.5) is 27.9 Å². The van der Waals surface area contributed by atoms with Crippen molar-refractivity contribution in [1.29, 1.82) is 5.26 Å². The predicted octanol–water partition coefficient (Wildman–Crippen LogP) is 4.08. The standard InChI is InChI=1S/C43H49FN14O5/c1-4-47-39(60)37(46-2)40(61)58-17-15-57(16-18-58)27-30-6-5-7-32(22-30)50-42-54-41(49-26-36-51-33-13-12-31(44)24-34(33)52-36)55-43(56-42)53-35(23-28-8-10-29(25-45)11-9-28)38(59)48-14-19-63-21-20-62-3/h4-13,22,24,35,60H,2,14-21,23,26-27H2,1,3H3,(H,48,59)(H,51,52)(H3,49,50,53,54,55,56)/b39-37+,47-4?/t35-/m0/s1. The molecule has 3 heterocycles. The number of anilines is 4. The van der Waals surface area contributed by atoms with Crippen LogP contribution in [0.25, 0.3) is 11.0 Å². The highest BCUT2D eigenvalue weighted by molar-refractivity contribution is 5.94. The minimum atomic E-state index is -0.851. The topological polar surface area (TPSA) is 243 Å². The highest BCUT2D eigenvalue weighted by Gasteiger charge is 2.26. The summed E-state index contributed by atoms with van der Waals surface area (Å²) in [5.41, 5.74) is 3.91. The number of H-pyrrole nitrogens is 1. The van der Waals surface area contributed by atoms with Gasteiger partial charge in [0.05, 0.1) is 49.0 Å². The summed E-state index contributed by atoms with van der Waals surface area (Å²) >= 11 is 0. The van der Waals surface area contributed by atoms with Gasteiger partial charge in [-0.2, -0.15) is 20.2 Å². The quantitative estimate of drug-likeness (QED) is 0.0264. The number of aromatic nitrogens is 5. The van der Waals surface area contributed by atoms with Crippen LogP contribution in [0.5, 0.6) is 0 Å². The molecule has 6 rings (SSSR count). The molecule has 0 unspecified atom stereocenters. The zero-order valence-electron chi connectivity index (χ0n) is 35.0. The van der Waals surface area contributed by atoms with Gasteiger partial charge in [0, 0.05) is 64.7 Å². The molecule has 2 amide bonds. The predicted molar refractivity (Wildman–Crippen MR) is 236 cm³/mol. The summed E-state index contributed by atoms with van der Waals surface area (Å²) in [6.07, 6.45) is 1.61. The van der Waals surface area contributed by atoms with E-state index in [2.05, 4.69) is 73.9 Å². The lowest BCUT2D eigenvalue weighted by Crippen LogP contribution is -2.48. The first-order valence-corrected chi connectivity index (χ1v) is 20.1. The summed E-state index contributed by atoms with van der Waals surface area (Å²) < 4.78 is 24.5. The van der Waals surface area contributed by atoms with Crippen molar-refractivity contribution < 1.29 is 28.6 Å². The molecule has 3 aromatic carbocycles. The minimum Gasteiger partial charge on any atom is -0.492 e. The van der Waals surface area contributed by atoms with Crippen LogP contribution in [0.3, 0.4) is 0 Å². The van der Waals surface area contributed by atoms with Gasteiger partial charge < -0.3 is 45.7 Å². The van der Waals surface area contributed by atoms with E-state index in [1.54, 1.807) is 49.3 Å². The van der Waals surface area contributed by atoms with Crippen molar-refractivity contribution in [3.63, 3.8) is 0 Å². The highest BCUT2D eigenvalue weighted by atomic mass is 19.1. The molecule has 19 nitrogen and oxygen atoms in total. The van der Waals surface area contributed by atoms with Gasteiger partial charge in [0.2, 0.25) is 29.6 Å². The maximum absolute atomic E-state index is 13.9. The average Bonchev–Trinajstić information content (AvgIpc) is 3.69. The number of hydrogen-bond acceptors (Lipinski definition) is 16. The molecular weight excluding hydrogens is 812 g/mol. The van der Waals surface area contributed by atoms with Gasteiger partial charge in [-0.3, -0.25) is 19.5 Å². The number of amides is 2. The summed E-state index contributed by atoms with van der Waals surface area (Å²) in [6, 6.07) is 20.2. The van der Waals surface area contributed by atoms with Crippen LogP contribution in [0.15, 0.2) is 88.3 Å². The molecule has 0 aliphatic carbocycles. The lowest BCUT2D eigenvalue weighted by atomic mass is 10.0. The van der Waals surface area contributed by atoms with Crippen molar-refractivity contribution in [3.05, 3.63) is 107 Å². The third kappa shape index (κ3) is 13.1. The summed E-state index contributed by atoms with van der Waals surface area (Å²) in [7, 11) is 1.58. The second-order valence-electron chi connectivity index (χ2n) is 14.2. The number of aliphatic hydroxyl groups excluding tert-OH is 1. The Bertz CT molecular complexity index is 2460. The first kappa shape index (κ1) is 45.2. The molecule has 0 radical (unpaired) electrons. The second kappa shape index (κ2) is 22.5. The Balaban J connectivity index is 1.20. The van der Waals surface area contributed by atoms with E-state index in [9.17, 15) is 24.3 Å². The molecule has 1 aliphatic rings. The number of halogens is 1. The molecule has 1 saturated heterocycles. The van der Waals surface area contributed by atoms with Crippen LogP contribution in [0.2, 0.25) is 0 Å². The van der Waals surface area contributed by atoms with E-state index < -0.39 is 17.8 Å². The number of carbonyl (C=O) groups is 2. The van der Waals surface area contributed by atoms with Gasteiger partial charge in [0.15, 0.2) is 5.70 Å². The SMILES string of the molecule is C=N/C(C(=O)N1CCN(Cc2cccc(Nc3nc(NCc4nc5ccc(F)cc5[nH]4)nc(N[C@@H](Cc4ccc(C#N)cc4)C(=O)NCCOCCOC)n3)c2)CC1)=C(/O)N=CC. The maximum Gasteiger partial charge on any atom is 0.278 e. The lowest BCUT2D eigenvalue weighted by molar-refractivity contribution is -0.129. The number of rotatable bonds is 21. The van der Waals surface area contributed by atoms with Crippen molar-refractivity contribution in [2.75, 3.05) is 75.6 Å². The third-order valence-corrected chi connectivity index (χ3v) is 9.74. The number of nitriles is 1. The van der Waals surface area contributed by atoms with Crippen LogP contribution < -0.4 is 21.3 Å². The van der Waals surface area contributed by atoms with Crippen molar-refractivity contribution in [2.24, 2.45) is 9.98 Å². The number of methoxy groups -OCH3 is 1. The molecule has 20 heteroatoms. The number of hydrogen-bond donors (Lipinski definition) is 6. The van der Waals surface area contributed by atoms with Crippen LogP contribution in [0.1, 0.15) is 29.4 Å². The monoisotopic (exact) mass is 860 g/mol. The Morgan fingerprint density at radius 2 is 1.78 bits per heavy atom. The van der Waals surface area contributed by atoms with Gasteiger partial charge in [-0.25, -0.2) is 14.4 Å². The van der Waals surface area contributed by atoms with E-state index in [0.717, 1.165) is 11.1 Å². The highest BCUT2D eigenvalue weighted by Crippen LogP contribution is 2.21. The number of piperazine rings is 1. The van der Waals surface area contributed by atoms with Crippen LogP contribution in [-0.4, -0.2) is 130 Å². The van der Waals surface area contributed by atoms with E-state index in [0.29, 0.717) is 74.0 Å². The van der Waals surface area contributed by atoms with Gasteiger partial charge >= 0.3 is 0 Å². The van der Waals surface area contributed by atoms with E-state index in [4.69, 9.17) is 9.47 Å². The summed E-state index contributed by atoms with van der Waals surface area (Å²) in [4.78, 5) is 59.6. The zero-order chi connectivity index (χ0) is 44.6. The fourth-order valence-corrected chi connectivity index (χ4v) is 6.60. The second-order valence-corrected chi connectivity index (χ2v) is 14.2. The molecule has 63 heavy (non-hydrogen) atoms. The Morgan fingerprint density at radius 1 is 1.00 bits per heavy atom. The first-order valence-electron chi connectivity index (χ1n) is 20.1. The average molecular weight is 861 g/mol. The Hall–Kier alpha value is -7.34. The van der Waals surface area contributed by atoms with Crippen molar-refractivity contribution >= 4 is 59.3 Å². The summed E-state index contributed by atoms with van der Waals surface area (Å²) in [5, 5.41) is 32.0. The third-order valence-electron chi connectivity index (χ3n) is 9.74. The fourth-order valence-electron chi connectivity index (χ4n) is 6.60. The number of aliphatic imine (C=N–C) groups is 2. The molecule has 1 aliphatic heterocycles. The normalized spacial score (nSPS) is 13.9.